The molecule has 0 spiro atoms. The first-order valence-electron chi connectivity index (χ1n) is 9.68. The molecule has 30 heavy (non-hydrogen) atoms. The highest BCUT2D eigenvalue weighted by Gasteiger charge is 2.27. The summed E-state index contributed by atoms with van der Waals surface area (Å²) >= 11 is 0. The quantitative estimate of drug-likeness (QED) is 0.708. The van der Waals surface area contributed by atoms with Crippen LogP contribution in [0.15, 0.2) is 48.5 Å². The number of ether oxygens (including phenoxy) is 2. The Morgan fingerprint density at radius 1 is 0.967 bits per heavy atom. The molecule has 1 fully saturated rings. The van der Waals surface area contributed by atoms with Gasteiger partial charge in [-0.1, -0.05) is 18.2 Å². The maximum atomic E-state index is 13.4. The van der Waals surface area contributed by atoms with Gasteiger partial charge in [-0.25, -0.2) is 4.39 Å². The molecular weight excluding hydrogens is 387 g/mol. The van der Waals surface area contributed by atoms with E-state index in [-0.39, 0.29) is 17.6 Å². The summed E-state index contributed by atoms with van der Waals surface area (Å²) in [7, 11) is 3.02. The summed E-state index contributed by atoms with van der Waals surface area (Å²) in [5.41, 5.74) is 1.79. The summed E-state index contributed by atoms with van der Waals surface area (Å²) in [5.74, 6) is 0.243. The minimum Gasteiger partial charge on any atom is -0.493 e. The van der Waals surface area contributed by atoms with E-state index in [1.54, 1.807) is 47.1 Å². The van der Waals surface area contributed by atoms with Crippen molar-refractivity contribution in [2.75, 3.05) is 40.4 Å². The van der Waals surface area contributed by atoms with Crippen LogP contribution in [0.25, 0.3) is 5.57 Å². The number of para-hydroxylation sites is 1. The summed E-state index contributed by atoms with van der Waals surface area (Å²) in [4.78, 5) is 29.0. The van der Waals surface area contributed by atoms with E-state index in [9.17, 15) is 14.0 Å². The summed E-state index contributed by atoms with van der Waals surface area (Å²) in [5, 5.41) is 0. The summed E-state index contributed by atoms with van der Waals surface area (Å²) in [6.07, 6.45) is 1.51. The second-order valence-electron chi connectivity index (χ2n) is 7.00. The highest BCUT2D eigenvalue weighted by Crippen LogP contribution is 2.31. The maximum absolute atomic E-state index is 13.4. The molecule has 0 aromatic heterocycles. The molecule has 158 valence electrons. The fraction of sp³-hybridized carbons (Fsp3) is 0.304. The van der Waals surface area contributed by atoms with Gasteiger partial charge in [0.05, 0.1) is 19.8 Å². The van der Waals surface area contributed by atoms with Gasteiger partial charge in [-0.3, -0.25) is 9.59 Å². The van der Waals surface area contributed by atoms with Gasteiger partial charge in [0.15, 0.2) is 11.5 Å². The number of rotatable bonds is 5. The third-order valence-corrected chi connectivity index (χ3v) is 5.13. The van der Waals surface area contributed by atoms with Gasteiger partial charge in [0.2, 0.25) is 5.91 Å². The Kier molecular flexibility index (Phi) is 6.72. The number of piperazine rings is 1. The van der Waals surface area contributed by atoms with Crippen LogP contribution in [-0.4, -0.2) is 62.0 Å². The molecule has 1 saturated heterocycles. The number of halogens is 1. The lowest BCUT2D eigenvalue weighted by Crippen LogP contribution is -2.50. The van der Waals surface area contributed by atoms with E-state index in [4.69, 9.17) is 9.47 Å². The average Bonchev–Trinajstić information content (AvgIpc) is 2.77. The SMILES string of the molecule is COc1cccc(C(=O)N2CCN(C(=O)/C=C(/C)c3cccc(F)c3)CC2)c1OC. The topological polar surface area (TPSA) is 59.1 Å². The van der Waals surface area contributed by atoms with Gasteiger partial charge >= 0.3 is 0 Å². The summed E-state index contributed by atoms with van der Waals surface area (Å²) in [6, 6.07) is 11.3. The Hall–Kier alpha value is -3.35. The van der Waals surface area contributed by atoms with Gasteiger partial charge in [0.1, 0.15) is 5.82 Å². The van der Waals surface area contributed by atoms with Crippen molar-refractivity contribution in [3.63, 3.8) is 0 Å². The smallest absolute Gasteiger partial charge is 0.257 e. The van der Waals surface area contributed by atoms with Gasteiger partial charge in [-0.2, -0.15) is 0 Å². The minimum atomic E-state index is -0.340. The van der Waals surface area contributed by atoms with E-state index in [1.807, 2.05) is 0 Å². The van der Waals surface area contributed by atoms with Crippen molar-refractivity contribution in [2.45, 2.75) is 6.92 Å². The Bertz CT molecular complexity index is 965. The van der Waals surface area contributed by atoms with Crippen LogP contribution in [0.3, 0.4) is 0 Å². The first kappa shape index (κ1) is 21.4. The van der Waals surface area contributed by atoms with Gasteiger partial charge in [-0.15, -0.1) is 0 Å². The lowest BCUT2D eigenvalue weighted by Gasteiger charge is -2.34. The molecule has 2 aromatic carbocycles. The van der Waals surface area contributed by atoms with Crippen LogP contribution in [-0.2, 0) is 4.79 Å². The van der Waals surface area contributed by atoms with E-state index in [0.29, 0.717) is 54.4 Å². The molecule has 1 heterocycles. The molecule has 0 saturated carbocycles. The zero-order valence-electron chi connectivity index (χ0n) is 17.4. The van der Waals surface area contributed by atoms with E-state index >= 15 is 0 Å². The van der Waals surface area contributed by atoms with Crippen LogP contribution in [0.4, 0.5) is 4.39 Å². The first-order valence-corrected chi connectivity index (χ1v) is 9.68. The lowest BCUT2D eigenvalue weighted by molar-refractivity contribution is -0.127. The van der Waals surface area contributed by atoms with Gasteiger partial charge < -0.3 is 19.3 Å². The van der Waals surface area contributed by atoms with Crippen LogP contribution in [0.2, 0.25) is 0 Å². The molecule has 0 atom stereocenters. The van der Waals surface area contributed by atoms with E-state index in [1.165, 1.54) is 32.4 Å². The van der Waals surface area contributed by atoms with Crippen LogP contribution >= 0.6 is 0 Å². The van der Waals surface area contributed by atoms with Crippen molar-refractivity contribution in [3.8, 4) is 11.5 Å². The van der Waals surface area contributed by atoms with E-state index in [2.05, 4.69) is 0 Å². The van der Waals surface area contributed by atoms with Gasteiger partial charge in [0, 0.05) is 32.3 Å². The molecule has 1 aliphatic heterocycles. The molecule has 0 aliphatic carbocycles. The fourth-order valence-corrected chi connectivity index (χ4v) is 3.45. The minimum absolute atomic E-state index is 0.150. The molecule has 3 rings (SSSR count). The van der Waals surface area contributed by atoms with Crippen molar-refractivity contribution in [1.82, 2.24) is 9.80 Å². The molecule has 0 unspecified atom stereocenters. The molecule has 2 aromatic rings. The van der Waals surface area contributed by atoms with Gasteiger partial charge in [0.25, 0.3) is 5.91 Å². The highest BCUT2D eigenvalue weighted by atomic mass is 19.1. The average molecular weight is 412 g/mol. The number of amides is 2. The second-order valence-corrected chi connectivity index (χ2v) is 7.00. The van der Waals surface area contributed by atoms with Crippen LogP contribution < -0.4 is 9.47 Å². The van der Waals surface area contributed by atoms with E-state index in [0.717, 1.165) is 0 Å². The maximum Gasteiger partial charge on any atom is 0.257 e. The van der Waals surface area contributed by atoms with Crippen molar-refractivity contribution in [2.24, 2.45) is 0 Å². The molecule has 1 aliphatic rings. The molecular formula is C23H25FN2O4. The number of hydrogen-bond donors (Lipinski definition) is 0. The number of benzene rings is 2. The number of allylic oxidation sites excluding steroid dienone is 1. The Labute approximate surface area is 175 Å². The monoisotopic (exact) mass is 412 g/mol. The molecule has 0 bridgehead atoms. The molecule has 0 radical (unpaired) electrons. The predicted molar refractivity (Wildman–Crippen MR) is 112 cm³/mol. The zero-order valence-corrected chi connectivity index (χ0v) is 17.4. The number of hydrogen-bond acceptors (Lipinski definition) is 4. The first-order chi connectivity index (χ1) is 14.4. The zero-order chi connectivity index (χ0) is 21.7. The standard InChI is InChI=1S/C23H25FN2O4/c1-16(17-6-4-7-18(24)15-17)14-21(27)25-10-12-26(13-11-25)23(28)19-8-5-9-20(29-2)22(19)30-3/h4-9,14-15H,10-13H2,1-3H3/b16-14-. The Balaban J connectivity index is 1.65. The van der Waals surface area contributed by atoms with Crippen molar-refractivity contribution in [3.05, 3.63) is 65.5 Å². The number of carbonyl (C=O) groups excluding carboxylic acids is 2. The van der Waals surface area contributed by atoms with Crippen molar-refractivity contribution >= 4 is 17.4 Å². The normalized spacial score (nSPS) is 14.5. The van der Waals surface area contributed by atoms with Crippen LogP contribution in [0.1, 0.15) is 22.8 Å². The van der Waals surface area contributed by atoms with Crippen LogP contribution in [0, 0.1) is 5.82 Å². The molecule has 0 N–H and O–H groups in total. The summed E-state index contributed by atoms with van der Waals surface area (Å²) < 4.78 is 24.0. The second kappa shape index (κ2) is 9.43. The van der Waals surface area contributed by atoms with Crippen molar-refractivity contribution in [1.29, 1.82) is 0 Å². The number of carbonyl (C=O) groups is 2. The fourth-order valence-electron chi connectivity index (χ4n) is 3.45. The Morgan fingerprint density at radius 3 is 2.27 bits per heavy atom. The third kappa shape index (κ3) is 4.62. The Morgan fingerprint density at radius 2 is 1.63 bits per heavy atom. The number of methoxy groups -OCH3 is 2. The van der Waals surface area contributed by atoms with Crippen LogP contribution in [0.5, 0.6) is 11.5 Å². The third-order valence-electron chi connectivity index (χ3n) is 5.13. The summed E-state index contributed by atoms with van der Waals surface area (Å²) in [6.45, 7) is 3.45. The van der Waals surface area contributed by atoms with Gasteiger partial charge in [-0.05, 0) is 42.3 Å². The lowest BCUT2D eigenvalue weighted by atomic mass is 10.1. The number of nitrogens with zero attached hydrogens (tertiary/aromatic N) is 2. The largest absolute Gasteiger partial charge is 0.493 e. The predicted octanol–water partition coefficient (Wildman–Crippen LogP) is 3.23. The van der Waals surface area contributed by atoms with E-state index < -0.39 is 0 Å². The molecule has 2 amide bonds. The van der Waals surface area contributed by atoms with Crippen molar-refractivity contribution < 1.29 is 23.5 Å². The molecule has 6 nitrogen and oxygen atoms in total. The highest BCUT2D eigenvalue weighted by molar-refractivity contribution is 5.98. The molecule has 7 heteroatoms.